The van der Waals surface area contributed by atoms with Crippen molar-refractivity contribution in [3.63, 3.8) is 0 Å². The predicted octanol–water partition coefficient (Wildman–Crippen LogP) is 3.65. The Morgan fingerprint density at radius 3 is 2.26 bits per heavy atom. The molecule has 0 aromatic heterocycles. The quantitative estimate of drug-likeness (QED) is 0.300. The number of para-hydroxylation sites is 1. The zero-order valence-corrected chi connectivity index (χ0v) is 20.4. The Kier molecular flexibility index (Phi) is 9.62. The largest absolute Gasteiger partial charge is 0.497 e. The molecule has 2 aromatic carbocycles. The molecule has 0 aliphatic carbocycles. The number of esters is 1. The maximum Gasteiger partial charge on any atom is 0.327 e. The smallest absolute Gasteiger partial charge is 0.327 e. The van der Waals surface area contributed by atoms with Crippen LogP contribution in [0.4, 0.5) is 5.69 Å². The molecule has 0 fully saturated rings. The number of carboxylic acids is 1. The van der Waals surface area contributed by atoms with Crippen LogP contribution in [-0.4, -0.2) is 55.7 Å². The number of anilines is 1. The molecule has 0 saturated heterocycles. The summed E-state index contributed by atoms with van der Waals surface area (Å²) >= 11 is 0. The highest BCUT2D eigenvalue weighted by atomic mass is 16.5. The first-order chi connectivity index (χ1) is 16.1. The van der Waals surface area contributed by atoms with E-state index in [9.17, 15) is 19.5 Å². The number of ketones is 1. The zero-order valence-electron chi connectivity index (χ0n) is 20.4. The van der Waals surface area contributed by atoms with Crippen molar-refractivity contribution in [2.24, 2.45) is 0 Å². The van der Waals surface area contributed by atoms with Crippen LogP contribution in [0.15, 0.2) is 48.5 Å². The molecule has 2 aromatic rings. The fraction of sp³-hybridized carbons (Fsp3) is 0.423. The lowest BCUT2D eigenvalue weighted by Gasteiger charge is -2.27. The van der Waals surface area contributed by atoms with Crippen LogP contribution < -0.4 is 15.4 Å². The molecule has 0 radical (unpaired) electrons. The lowest BCUT2D eigenvalue weighted by molar-refractivity contribution is -0.141. The Bertz CT molecular complexity index is 987. The van der Waals surface area contributed by atoms with Gasteiger partial charge in [0.25, 0.3) is 0 Å². The average Bonchev–Trinajstić information content (AvgIpc) is 2.82. The van der Waals surface area contributed by atoms with Crippen molar-refractivity contribution in [2.75, 3.05) is 26.1 Å². The number of ether oxygens (including phenoxy) is 2. The lowest BCUT2D eigenvalue weighted by Crippen LogP contribution is -2.41. The number of carbonyl (C=O) groups excluding carboxylic acids is 2. The van der Waals surface area contributed by atoms with E-state index in [0.717, 1.165) is 11.3 Å². The molecule has 2 atom stereocenters. The molecule has 34 heavy (non-hydrogen) atoms. The van der Waals surface area contributed by atoms with Gasteiger partial charge >= 0.3 is 11.9 Å². The zero-order chi connectivity index (χ0) is 25.3. The maximum absolute atomic E-state index is 13.3. The number of Topliss-reactive ketones (excluding diaryl/α,β-unsaturated/α-hetero) is 1. The molecule has 0 bridgehead atoms. The number of methoxy groups -OCH3 is 2. The molecular formula is C26H34N2O6. The van der Waals surface area contributed by atoms with Crippen LogP contribution in [0, 0.1) is 0 Å². The highest BCUT2D eigenvalue weighted by molar-refractivity contribution is 6.06. The molecule has 0 heterocycles. The molecule has 0 amide bonds. The van der Waals surface area contributed by atoms with E-state index in [1.807, 2.05) is 24.3 Å². The van der Waals surface area contributed by atoms with Crippen molar-refractivity contribution >= 4 is 23.4 Å². The third-order valence-corrected chi connectivity index (χ3v) is 5.83. The van der Waals surface area contributed by atoms with Gasteiger partial charge in [0.05, 0.1) is 26.7 Å². The topological polar surface area (TPSA) is 114 Å². The fourth-order valence-electron chi connectivity index (χ4n) is 3.66. The SMILES string of the molecule is COC(=O)C(C)Nc1ccccc1C(=O)[C@H](CC(=O)O)NCCC(C)(C)c1ccc(OC)cc1. The molecule has 0 saturated carbocycles. The molecule has 2 rings (SSSR count). The van der Waals surface area contributed by atoms with E-state index in [-0.39, 0.29) is 17.6 Å². The Morgan fingerprint density at radius 1 is 1.03 bits per heavy atom. The van der Waals surface area contributed by atoms with Gasteiger partial charge in [-0.3, -0.25) is 9.59 Å². The van der Waals surface area contributed by atoms with Crippen LogP contribution in [0.2, 0.25) is 0 Å². The number of carbonyl (C=O) groups is 3. The molecule has 0 aliphatic heterocycles. The summed E-state index contributed by atoms with van der Waals surface area (Å²) in [6, 6.07) is 13.0. The minimum atomic E-state index is -1.08. The molecule has 8 nitrogen and oxygen atoms in total. The summed E-state index contributed by atoms with van der Waals surface area (Å²) in [6.45, 7) is 6.26. The van der Waals surface area contributed by atoms with E-state index < -0.39 is 24.0 Å². The van der Waals surface area contributed by atoms with Gasteiger partial charge in [0.15, 0.2) is 5.78 Å². The lowest BCUT2D eigenvalue weighted by atomic mass is 9.81. The molecule has 1 unspecified atom stereocenters. The summed E-state index contributed by atoms with van der Waals surface area (Å²) in [7, 11) is 2.91. The maximum atomic E-state index is 13.3. The first-order valence-electron chi connectivity index (χ1n) is 11.2. The first-order valence-corrected chi connectivity index (χ1v) is 11.2. The van der Waals surface area contributed by atoms with Crippen molar-refractivity contribution in [2.45, 2.75) is 51.1 Å². The van der Waals surface area contributed by atoms with E-state index in [2.05, 4.69) is 24.5 Å². The van der Waals surface area contributed by atoms with Crippen LogP contribution >= 0.6 is 0 Å². The van der Waals surface area contributed by atoms with Gasteiger partial charge in [0.1, 0.15) is 11.8 Å². The van der Waals surface area contributed by atoms with E-state index in [4.69, 9.17) is 9.47 Å². The van der Waals surface area contributed by atoms with Gasteiger partial charge in [-0.2, -0.15) is 0 Å². The van der Waals surface area contributed by atoms with Gasteiger partial charge in [0, 0.05) is 11.3 Å². The summed E-state index contributed by atoms with van der Waals surface area (Å²) in [6.07, 6.45) is 0.324. The number of carboxylic acid groups (broad SMARTS) is 1. The van der Waals surface area contributed by atoms with E-state index in [1.165, 1.54) is 7.11 Å². The fourth-order valence-corrected chi connectivity index (χ4v) is 3.66. The monoisotopic (exact) mass is 470 g/mol. The summed E-state index contributed by atoms with van der Waals surface area (Å²) in [5.41, 5.74) is 1.67. The predicted molar refractivity (Wildman–Crippen MR) is 131 cm³/mol. The molecular weight excluding hydrogens is 436 g/mol. The third-order valence-electron chi connectivity index (χ3n) is 5.83. The highest BCUT2D eigenvalue weighted by Gasteiger charge is 2.27. The molecule has 0 spiro atoms. The van der Waals surface area contributed by atoms with Crippen LogP contribution in [-0.2, 0) is 19.7 Å². The Balaban J connectivity index is 2.14. The highest BCUT2D eigenvalue weighted by Crippen LogP contribution is 2.28. The number of benzene rings is 2. The normalized spacial score (nSPS) is 13.0. The first kappa shape index (κ1) is 26.9. The Hall–Kier alpha value is -3.39. The van der Waals surface area contributed by atoms with Crippen molar-refractivity contribution < 1.29 is 29.0 Å². The second-order valence-corrected chi connectivity index (χ2v) is 8.77. The van der Waals surface area contributed by atoms with Gasteiger partial charge in [-0.1, -0.05) is 38.1 Å². The molecule has 3 N–H and O–H groups in total. The van der Waals surface area contributed by atoms with E-state index in [0.29, 0.717) is 24.2 Å². The summed E-state index contributed by atoms with van der Waals surface area (Å²) in [5, 5.41) is 15.5. The van der Waals surface area contributed by atoms with Gasteiger partial charge in [-0.15, -0.1) is 0 Å². The number of aliphatic carboxylic acids is 1. The molecule has 184 valence electrons. The van der Waals surface area contributed by atoms with Crippen LogP contribution in [0.25, 0.3) is 0 Å². The second-order valence-electron chi connectivity index (χ2n) is 8.77. The minimum Gasteiger partial charge on any atom is -0.497 e. The standard InChI is InChI=1S/C26H34N2O6/c1-17(25(32)34-5)28-21-9-7-6-8-20(21)24(31)22(16-23(29)30)27-15-14-26(2,3)18-10-12-19(33-4)13-11-18/h6-13,17,22,27-28H,14-16H2,1-5H3,(H,29,30)/t17?,22-/m0/s1. The van der Waals surface area contributed by atoms with Gasteiger partial charge in [-0.05, 0) is 55.1 Å². The minimum absolute atomic E-state index is 0.203. The Morgan fingerprint density at radius 2 is 1.68 bits per heavy atom. The Labute approximate surface area is 200 Å². The van der Waals surface area contributed by atoms with Gasteiger partial charge < -0.3 is 25.2 Å². The number of rotatable bonds is 13. The van der Waals surface area contributed by atoms with Crippen LogP contribution in [0.5, 0.6) is 5.75 Å². The van der Waals surface area contributed by atoms with Crippen molar-refractivity contribution in [1.29, 1.82) is 0 Å². The number of hydrogen-bond donors (Lipinski definition) is 3. The van der Waals surface area contributed by atoms with Crippen molar-refractivity contribution in [1.82, 2.24) is 5.32 Å². The number of nitrogens with one attached hydrogen (secondary N) is 2. The summed E-state index contributed by atoms with van der Waals surface area (Å²) in [4.78, 5) is 36.6. The van der Waals surface area contributed by atoms with Crippen LogP contribution in [0.1, 0.15) is 49.5 Å². The van der Waals surface area contributed by atoms with Gasteiger partial charge in [0.2, 0.25) is 0 Å². The molecule has 0 aliphatic rings. The summed E-state index contributed by atoms with van der Waals surface area (Å²) in [5.74, 6) is -1.12. The van der Waals surface area contributed by atoms with E-state index in [1.54, 1.807) is 38.3 Å². The third kappa shape index (κ3) is 7.31. The van der Waals surface area contributed by atoms with Crippen LogP contribution in [0.3, 0.4) is 0 Å². The molecule has 8 heteroatoms. The van der Waals surface area contributed by atoms with Crippen molar-refractivity contribution in [3.05, 3.63) is 59.7 Å². The van der Waals surface area contributed by atoms with Gasteiger partial charge in [-0.25, -0.2) is 4.79 Å². The summed E-state index contributed by atoms with van der Waals surface area (Å²) < 4.78 is 9.95. The second kappa shape index (κ2) is 12.2. The van der Waals surface area contributed by atoms with Crippen molar-refractivity contribution in [3.8, 4) is 5.75 Å². The van der Waals surface area contributed by atoms with E-state index >= 15 is 0 Å². The average molecular weight is 471 g/mol. The number of hydrogen-bond acceptors (Lipinski definition) is 7.